The van der Waals surface area contributed by atoms with Crippen molar-refractivity contribution in [2.24, 2.45) is 0 Å². The molecule has 0 radical (unpaired) electrons. The fraction of sp³-hybridized carbons (Fsp3) is 0.308. The minimum atomic E-state index is -0.490. The van der Waals surface area contributed by atoms with Crippen molar-refractivity contribution in [3.05, 3.63) is 41.9 Å². The Morgan fingerprint density at radius 1 is 1.53 bits per heavy atom. The second-order valence-electron chi connectivity index (χ2n) is 3.50. The zero-order valence-electron chi connectivity index (χ0n) is 9.78. The van der Waals surface area contributed by atoms with Gasteiger partial charge in [-0.1, -0.05) is 24.6 Å². The first-order chi connectivity index (χ1) is 8.17. The molecule has 0 spiro atoms. The number of nitrogens with one attached hydrogen (secondary N) is 1. The number of hydrogen-bond donors (Lipinski definition) is 1. The fourth-order valence-electron chi connectivity index (χ4n) is 1.29. The third-order valence-electron chi connectivity index (χ3n) is 2.18. The van der Waals surface area contributed by atoms with Crippen molar-refractivity contribution < 1.29 is 9.53 Å². The number of rotatable bonds is 6. The van der Waals surface area contributed by atoms with Crippen molar-refractivity contribution in [1.29, 1.82) is 0 Å². The maximum absolute atomic E-state index is 11.7. The molecular weight excluding hydrogens is 238 g/mol. The lowest BCUT2D eigenvalue weighted by molar-refractivity contribution is -0.127. The van der Waals surface area contributed by atoms with E-state index in [2.05, 4.69) is 11.9 Å². The lowest BCUT2D eigenvalue weighted by Gasteiger charge is -2.16. The Morgan fingerprint density at radius 2 is 2.18 bits per heavy atom. The second kappa shape index (κ2) is 6.97. The van der Waals surface area contributed by atoms with E-state index in [0.29, 0.717) is 23.7 Å². The normalized spacial score (nSPS) is 11.6. The van der Waals surface area contributed by atoms with Crippen LogP contribution in [0.1, 0.15) is 13.3 Å². The maximum Gasteiger partial charge on any atom is 0.261 e. The first-order valence-electron chi connectivity index (χ1n) is 5.48. The number of benzene rings is 1. The van der Waals surface area contributed by atoms with Gasteiger partial charge in [-0.2, -0.15) is 0 Å². The van der Waals surface area contributed by atoms with E-state index >= 15 is 0 Å². The summed E-state index contributed by atoms with van der Waals surface area (Å²) in [6.07, 6.45) is 1.74. The molecule has 0 heterocycles. The van der Waals surface area contributed by atoms with Gasteiger partial charge < -0.3 is 10.1 Å². The van der Waals surface area contributed by atoms with E-state index in [0.717, 1.165) is 0 Å². The van der Waals surface area contributed by atoms with Crippen LogP contribution in [0.25, 0.3) is 0 Å². The zero-order chi connectivity index (χ0) is 12.7. The summed E-state index contributed by atoms with van der Waals surface area (Å²) < 4.78 is 5.57. The standard InChI is InChI=1S/C13H16ClNO2/c1-3-9-15-13(16)12(4-2)17-11-7-5-10(14)6-8-11/h3,5-8,12H,1,4,9H2,2H3,(H,15,16). The molecule has 0 aliphatic carbocycles. The van der Waals surface area contributed by atoms with Crippen molar-refractivity contribution in [2.75, 3.05) is 6.54 Å². The fourth-order valence-corrected chi connectivity index (χ4v) is 1.41. The molecule has 0 fully saturated rings. The molecule has 92 valence electrons. The summed E-state index contributed by atoms with van der Waals surface area (Å²) >= 11 is 5.77. The Morgan fingerprint density at radius 3 is 2.71 bits per heavy atom. The Kier molecular flexibility index (Phi) is 5.57. The second-order valence-corrected chi connectivity index (χ2v) is 3.94. The quantitative estimate of drug-likeness (QED) is 0.792. The van der Waals surface area contributed by atoms with E-state index in [4.69, 9.17) is 16.3 Å². The third kappa shape index (κ3) is 4.49. The largest absolute Gasteiger partial charge is 0.481 e. The van der Waals surface area contributed by atoms with Crippen LogP contribution in [0.3, 0.4) is 0 Å². The van der Waals surface area contributed by atoms with Crippen molar-refractivity contribution in [2.45, 2.75) is 19.4 Å². The summed E-state index contributed by atoms with van der Waals surface area (Å²) in [7, 11) is 0. The van der Waals surface area contributed by atoms with Gasteiger partial charge >= 0.3 is 0 Å². The molecule has 1 unspecified atom stereocenters. The molecule has 1 aromatic rings. The van der Waals surface area contributed by atoms with Crippen molar-refractivity contribution in [3.63, 3.8) is 0 Å². The molecule has 0 bridgehead atoms. The molecule has 17 heavy (non-hydrogen) atoms. The highest BCUT2D eigenvalue weighted by atomic mass is 35.5. The van der Waals surface area contributed by atoms with E-state index < -0.39 is 6.10 Å². The van der Waals surface area contributed by atoms with E-state index in [1.165, 1.54) is 0 Å². The molecule has 0 saturated carbocycles. The summed E-state index contributed by atoms with van der Waals surface area (Å²) in [6.45, 7) is 5.88. The molecule has 4 heteroatoms. The van der Waals surface area contributed by atoms with E-state index in [-0.39, 0.29) is 5.91 Å². The van der Waals surface area contributed by atoms with Crippen LogP contribution in [0, 0.1) is 0 Å². The molecule has 0 aliphatic rings. The maximum atomic E-state index is 11.7. The van der Waals surface area contributed by atoms with Crippen LogP contribution in [0.15, 0.2) is 36.9 Å². The van der Waals surface area contributed by atoms with E-state index in [9.17, 15) is 4.79 Å². The molecule has 1 atom stereocenters. The predicted molar refractivity (Wildman–Crippen MR) is 69.4 cm³/mol. The molecule has 3 nitrogen and oxygen atoms in total. The first kappa shape index (κ1) is 13.6. The van der Waals surface area contributed by atoms with Gasteiger partial charge in [0.25, 0.3) is 5.91 Å². The number of carbonyl (C=O) groups is 1. The van der Waals surface area contributed by atoms with Gasteiger partial charge in [-0.25, -0.2) is 0 Å². The monoisotopic (exact) mass is 253 g/mol. The average Bonchev–Trinajstić information content (AvgIpc) is 2.35. The van der Waals surface area contributed by atoms with Crippen LogP contribution in [0.5, 0.6) is 5.75 Å². The van der Waals surface area contributed by atoms with Gasteiger partial charge in [0.2, 0.25) is 0 Å². The lowest BCUT2D eigenvalue weighted by Crippen LogP contribution is -2.37. The van der Waals surface area contributed by atoms with Crippen molar-refractivity contribution in [1.82, 2.24) is 5.32 Å². The molecule has 1 aromatic carbocycles. The summed E-state index contributed by atoms with van der Waals surface area (Å²) in [4.78, 5) is 11.7. The third-order valence-corrected chi connectivity index (χ3v) is 2.43. The van der Waals surface area contributed by atoms with Gasteiger partial charge in [-0.05, 0) is 30.7 Å². The van der Waals surface area contributed by atoms with Crippen LogP contribution >= 0.6 is 11.6 Å². The molecule has 0 aliphatic heterocycles. The summed E-state index contributed by atoms with van der Waals surface area (Å²) in [6, 6.07) is 6.94. The molecule has 1 amide bonds. The summed E-state index contributed by atoms with van der Waals surface area (Å²) in [5, 5.41) is 3.35. The first-order valence-corrected chi connectivity index (χ1v) is 5.86. The summed E-state index contributed by atoms with van der Waals surface area (Å²) in [5.41, 5.74) is 0. The number of ether oxygens (including phenoxy) is 1. The molecule has 1 rings (SSSR count). The minimum absolute atomic E-state index is 0.137. The lowest BCUT2D eigenvalue weighted by atomic mass is 10.2. The van der Waals surface area contributed by atoms with Gasteiger partial charge in [0, 0.05) is 11.6 Å². The Hall–Kier alpha value is -1.48. The predicted octanol–water partition coefficient (Wildman–Crippen LogP) is 2.80. The van der Waals surface area contributed by atoms with Crippen LogP contribution in [0.4, 0.5) is 0 Å². The highest BCUT2D eigenvalue weighted by Gasteiger charge is 2.17. The van der Waals surface area contributed by atoms with Gasteiger partial charge in [-0.3, -0.25) is 4.79 Å². The van der Waals surface area contributed by atoms with Gasteiger partial charge in [0.05, 0.1) is 0 Å². The molecular formula is C13H16ClNO2. The number of halogens is 1. The van der Waals surface area contributed by atoms with Gasteiger partial charge in [-0.15, -0.1) is 6.58 Å². The van der Waals surface area contributed by atoms with Gasteiger partial charge in [0.15, 0.2) is 6.10 Å². The summed E-state index contributed by atoms with van der Waals surface area (Å²) in [5.74, 6) is 0.498. The topological polar surface area (TPSA) is 38.3 Å². The Bertz CT molecular complexity index is 376. The number of amides is 1. The Balaban J connectivity index is 2.59. The molecule has 0 saturated heterocycles. The van der Waals surface area contributed by atoms with Crippen LogP contribution in [-0.4, -0.2) is 18.6 Å². The van der Waals surface area contributed by atoms with Crippen LogP contribution in [0.2, 0.25) is 5.02 Å². The minimum Gasteiger partial charge on any atom is -0.481 e. The zero-order valence-corrected chi connectivity index (χ0v) is 10.5. The van der Waals surface area contributed by atoms with E-state index in [1.54, 1.807) is 30.3 Å². The Labute approximate surface area is 106 Å². The molecule has 0 aromatic heterocycles. The average molecular weight is 254 g/mol. The van der Waals surface area contributed by atoms with Crippen molar-refractivity contribution >= 4 is 17.5 Å². The highest BCUT2D eigenvalue weighted by molar-refractivity contribution is 6.30. The van der Waals surface area contributed by atoms with Crippen LogP contribution < -0.4 is 10.1 Å². The smallest absolute Gasteiger partial charge is 0.261 e. The number of hydrogen-bond acceptors (Lipinski definition) is 2. The van der Waals surface area contributed by atoms with Crippen LogP contribution in [-0.2, 0) is 4.79 Å². The number of carbonyl (C=O) groups excluding carboxylic acids is 1. The van der Waals surface area contributed by atoms with E-state index in [1.807, 2.05) is 6.92 Å². The van der Waals surface area contributed by atoms with Crippen molar-refractivity contribution in [3.8, 4) is 5.75 Å². The molecule has 1 N–H and O–H groups in total. The van der Waals surface area contributed by atoms with Gasteiger partial charge in [0.1, 0.15) is 5.75 Å². The highest BCUT2D eigenvalue weighted by Crippen LogP contribution is 2.17. The SMILES string of the molecule is C=CCNC(=O)C(CC)Oc1ccc(Cl)cc1.